The molecular formula is C20H24N4S2. The summed E-state index contributed by atoms with van der Waals surface area (Å²) in [6, 6.07) is 0. The number of allylic oxidation sites excluding steroid dienone is 2. The van der Waals surface area contributed by atoms with Crippen molar-refractivity contribution in [3.63, 3.8) is 0 Å². The fourth-order valence-electron chi connectivity index (χ4n) is 3.08. The maximum atomic E-state index is 4.46. The van der Waals surface area contributed by atoms with Gasteiger partial charge in [-0.05, 0) is 60.7 Å². The van der Waals surface area contributed by atoms with Gasteiger partial charge < -0.3 is 0 Å². The Morgan fingerprint density at radius 3 is 2.12 bits per heavy atom. The highest BCUT2D eigenvalue weighted by Gasteiger charge is 2.13. The van der Waals surface area contributed by atoms with Crippen LogP contribution in [0.1, 0.15) is 36.4 Å². The first kappa shape index (κ1) is 18.6. The van der Waals surface area contributed by atoms with Crippen molar-refractivity contribution in [2.45, 2.75) is 27.7 Å². The van der Waals surface area contributed by atoms with E-state index in [0.29, 0.717) is 0 Å². The van der Waals surface area contributed by atoms with E-state index < -0.39 is 0 Å². The maximum Gasteiger partial charge on any atom is 0.107 e. The fraction of sp³-hybridized carbons (Fsp3) is 0.300. The number of rotatable bonds is 2. The minimum Gasteiger partial charge on any atom is -0.266 e. The van der Waals surface area contributed by atoms with E-state index in [9.17, 15) is 0 Å². The predicted octanol–water partition coefficient (Wildman–Crippen LogP) is 5.95. The normalized spacial score (nSPS) is 11.0. The number of aromatic nitrogens is 4. The van der Waals surface area contributed by atoms with Crippen LogP contribution in [0.3, 0.4) is 0 Å². The van der Waals surface area contributed by atoms with Crippen LogP contribution in [0.5, 0.6) is 0 Å². The van der Waals surface area contributed by atoms with Crippen molar-refractivity contribution in [3.05, 3.63) is 46.4 Å². The molecule has 0 amide bonds. The lowest BCUT2D eigenvalue weighted by molar-refractivity contribution is 0.767. The van der Waals surface area contributed by atoms with Crippen LogP contribution >= 0.6 is 22.7 Å². The van der Waals surface area contributed by atoms with Gasteiger partial charge in [-0.25, -0.2) is 0 Å². The second-order valence-corrected chi connectivity index (χ2v) is 8.46. The van der Waals surface area contributed by atoms with E-state index in [-0.39, 0.29) is 0 Å². The van der Waals surface area contributed by atoms with Crippen LogP contribution in [-0.4, -0.2) is 19.6 Å². The predicted molar refractivity (Wildman–Crippen MR) is 116 cm³/mol. The molecule has 4 nitrogen and oxygen atoms in total. The zero-order valence-corrected chi connectivity index (χ0v) is 17.8. The van der Waals surface area contributed by atoms with Crippen LogP contribution in [0.15, 0.2) is 23.9 Å². The molecule has 0 bridgehead atoms. The van der Waals surface area contributed by atoms with Crippen LogP contribution in [0.2, 0.25) is 0 Å². The largest absolute Gasteiger partial charge is 0.266 e. The van der Waals surface area contributed by atoms with Crippen molar-refractivity contribution in [1.82, 2.24) is 19.6 Å². The molecule has 26 heavy (non-hydrogen) atoms. The molecule has 0 spiro atoms. The zero-order chi connectivity index (χ0) is 19.2. The smallest absolute Gasteiger partial charge is 0.107 e. The average Bonchev–Trinajstić information content (AvgIpc) is 3.26. The first-order chi connectivity index (χ1) is 12.2. The highest BCUT2D eigenvalue weighted by Crippen LogP contribution is 2.31. The van der Waals surface area contributed by atoms with Gasteiger partial charge in [-0.3, -0.25) is 9.36 Å². The number of aryl methyl sites for hydroxylation is 4. The Hall–Kier alpha value is -2.18. The molecule has 0 unspecified atom stereocenters. The molecule has 0 saturated heterocycles. The van der Waals surface area contributed by atoms with E-state index in [2.05, 4.69) is 48.0 Å². The minimum atomic E-state index is 1.03. The second-order valence-electron chi connectivity index (χ2n) is 6.70. The number of fused-ring (bicyclic) bond motifs is 2. The van der Waals surface area contributed by atoms with Gasteiger partial charge in [0, 0.05) is 14.1 Å². The maximum absolute atomic E-state index is 4.46. The molecule has 4 rings (SSSR count). The van der Waals surface area contributed by atoms with Crippen LogP contribution < -0.4 is 0 Å². The third-order valence-corrected chi connectivity index (χ3v) is 6.46. The first-order valence-corrected chi connectivity index (χ1v) is 10.1. The Morgan fingerprint density at radius 2 is 1.50 bits per heavy atom. The summed E-state index contributed by atoms with van der Waals surface area (Å²) in [6.07, 6.45) is 0. The topological polar surface area (TPSA) is 35.6 Å². The summed E-state index contributed by atoms with van der Waals surface area (Å²) in [5.41, 5.74) is 9.21. The standard InChI is InChI=1S/2C10H12N2S/c1-6(2)9-10-8(11-12(9)4)7(3)5-13-10;1-6(2)8-10-9(12(4)11-8)7(3)5-13-10/h2*5H,1H2,2-4H3. The van der Waals surface area contributed by atoms with E-state index in [4.69, 9.17) is 0 Å². The average molecular weight is 385 g/mol. The van der Waals surface area contributed by atoms with Crippen LogP contribution in [-0.2, 0) is 14.1 Å². The molecule has 0 saturated carbocycles. The first-order valence-electron chi connectivity index (χ1n) is 8.35. The van der Waals surface area contributed by atoms with Crippen molar-refractivity contribution in [3.8, 4) is 0 Å². The van der Waals surface area contributed by atoms with E-state index in [0.717, 1.165) is 28.1 Å². The van der Waals surface area contributed by atoms with Gasteiger partial charge in [0.2, 0.25) is 0 Å². The molecule has 0 aliphatic heterocycles. The van der Waals surface area contributed by atoms with Gasteiger partial charge >= 0.3 is 0 Å². The summed E-state index contributed by atoms with van der Waals surface area (Å²) in [5.74, 6) is 0. The van der Waals surface area contributed by atoms with E-state index >= 15 is 0 Å². The molecule has 0 radical (unpaired) electrons. The minimum absolute atomic E-state index is 1.03. The lowest BCUT2D eigenvalue weighted by atomic mass is 10.2. The van der Waals surface area contributed by atoms with Crippen LogP contribution in [0, 0.1) is 13.8 Å². The highest BCUT2D eigenvalue weighted by molar-refractivity contribution is 7.18. The van der Waals surface area contributed by atoms with Gasteiger partial charge in [-0.15, -0.1) is 22.7 Å². The molecule has 4 aromatic heterocycles. The Labute approximate surface area is 162 Å². The van der Waals surface area contributed by atoms with E-state index in [1.54, 1.807) is 22.7 Å². The molecular weight excluding hydrogens is 360 g/mol. The van der Waals surface area contributed by atoms with Crippen LogP contribution in [0.4, 0.5) is 0 Å². The Kier molecular flexibility index (Phi) is 4.90. The molecule has 0 aliphatic carbocycles. The summed E-state index contributed by atoms with van der Waals surface area (Å²) in [7, 11) is 3.95. The van der Waals surface area contributed by atoms with Crippen molar-refractivity contribution in [2.75, 3.05) is 0 Å². The molecule has 0 N–H and O–H groups in total. The third kappa shape index (κ3) is 3.04. The second kappa shape index (κ2) is 6.85. The molecule has 0 aliphatic rings. The molecule has 4 heterocycles. The van der Waals surface area contributed by atoms with Gasteiger partial charge in [-0.2, -0.15) is 10.2 Å². The quantitative estimate of drug-likeness (QED) is 0.428. The molecule has 0 fully saturated rings. The Morgan fingerprint density at radius 1 is 0.885 bits per heavy atom. The summed E-state index contributed by atoms with van der Waals surface area (Å²) in [5, 5.41) is 13.2. The number of hydrogen-bond donors (Lipinski definition) is 0. The van der Waals surface area contributed by atoms with Crippen LogP contribution in [0.25, 0.3) is 31.6 Å². The summed E-state index contributed by atoms with van der Waals surface area (Å²) in [4.78, 5) is 0. The van der Waals surface area contributed by atoms with Crippen molar-refractivity contribution in [1.29, 1.82) is 0 Å². The van der Waals surface area contributed by atoms with Gasteiger partial charge in [0.1, 0.15) is 11.2 Å². The van der Waals surface area contributed by atoms with Gasteiger partial charge in [0.05, 0.1) is 20.6 Å². The van der Waals surface area contributed by atoms with Gasteiger partial charge in [-0.1, -0.05) is 13.2 Å². The number of hydrogen-bond acceptors (Lipinski definition) is 4. The van der Waals surface area contributed by atoms with E-state index in [1.165, 1.54) is 26.0 Å². The van der Waals surface area contributed by atoms with E-state index in [1.807, 2.05) is 37.3 Å². The molecule has 0 atom stereocenters. The summed E-state index contributed by atoms with van der Waals surface area (Å²) >= 11 is 3.49. The SMILES string of the molecule is C=C(C)c1c2scc(C)c2nn1C.C=C(C)c1nn(C)c2c(C)csc12. The Bertz CT molecular complexity index is 1130. The monoisotopic (exact) mass is 384 g/mol. The molecule has 0 aromatic carbocycles. The lowest BCUT2D eigenvalue weighted by Gasteiger charge is -1.98. The molecule has 4 aromatic rings. The molecule has 136 valence electrons. The Balaban J connectivity index is 0.000000151. The van der Waals surface area contributed by atoms with Gasteiger partial charge in [0.25, 0.3) is 0 Å². The van der Waals surface area contributed by atoms with Crippen molar-refractivity contribution >= 4 is 54.3 Å². The van der Waals surface area contributed by atoms with Gasteiger partial charge in [0.15, 0.2) is 0 Å². The summed E-state index contributed by atoms with van der Waals surface area (Å²) in [6.45, 7) is 16.1. The van der Waals surface area contributed by atoms with Crippen molar-refractivity contribution < 1.29 is 0 Å². The van der Waals surface area contributed by atoms with Crippen molar-refractivity contribution in [2.24, 2.45) is 14.1 Å². The molecule has 6 heteroatoms. The number of thiophene rings is 2. The highest BCUT2D eigenvalue weighted by atomic mass is 32.1. The lowest BCUT2D eigenvalue weighted by Crippen LogP contribution is -1.95. The third-order valence-electron chi connectivity index (χ3n) is 4.27. The summed E-state index contributed by atoms with van der Waals surface area (Å²) < 4.78 is 6.36. The fourth-order valence-corrected chi connectivity index (χ4v) is 5.36. The zero-order valence-electron chi connectivity index (χ0n) is 16.2. The number of nitrogens with zero attached hydrogens (tertiary/aromatic N) is 4.